The minimum absolute atomic E-state index is 0.590. The minimum Gasteiger partial charge on any atom is -0.298 e. The highest BCUT2D eigenvalue weighted by Gasteiger charge is 2.09. The van der Waals surface area contributed by atoms with Gasteiger partial charge in [-0.3, -0.25) is 4.79 Å². The molecule has 1 heterocycles. The van der Waals surface area contributed by atoms with Crippen LogP contribution in [0.25, 0.3) is 10.1 Å². The van der Waals surface area contributed by atoms with E-state index in [1.54, 1.807) is 17.5 Å². The number of hydrogen-bond acceptors (Lipinski definition) is 2. The van der Waals surface area contributed by atoms with Crippen molar-refractivity contribution in [3.63, 3.8) is 0 Å². The number of aldehydes is 1. The lowest BCUT2D eigenvalue weighted by Crippen LogP contribution is -1.79. The van der Waals surface area contributed by atoms with Crippen molar-refractivity contribution in [2.75, 3.05) is 0 Å². The molecule has 0 N–H and O–H groups in total. The van der Waals surface area contributed by atoms with Crippen molar-refractivity contribution in [3.05, 3.63) is 33.1 Å². The van der Waals surface area contributed by atoms with Gasteiger partial charge >= 0.3 is 0 Å². The molecule has 0 unspecified atom stereocenters. The van der Waals surface area contributed by atoms with Gasteiger partial charge in [-0.2, -0.15) is 0 Å². The van der Waals surface area contributed by atoms with Gasteiger partial charge < -0.3 is 0 Å². The van der Waals surface area contributed by atoms with Crippen LogP contribution in [0.4, 0.5) is 0 Å². The third-order valence-electron chi connectivity index (χ3n) is 1.78. The highest BCUT2D eigenvalue weighted by molar-refractivity contribution is 7.18. The molecule has 1 aromatic carbocycles. The fraction of sp³-hybridized carbons (Fsp3) is 0. The first-order valence-corrected chi connectivity index (χ1v) is 5.18. The third-order valence-corrected chi connectivity index (χ3v) is 3.55. The predicted molar refractivity (Wildman–Crippen MR) is 57.2 cm³/mol. The van der Waals surface area contributed by atoms with Crippen LogP contribution in [0.1, 0.15) is 10.4 Å². The zero-order valence-electron chi connectivity index (χ0n) is 6.38. The lowest BCUT2D eigenvalue weighted by molar-refractivity contribution is 0.112. The summed E-state index contributed by atoms with van der Waals surface area (Å²) in [4.78, 5) is 10.7. The molecule has 0 aliphatic carbocycles. The Morgan fingerprint density at radius 3 is 2.69 bits per heavy atom. The fourth-order valence-electron chi connectivity index (χ4n) is 1.19. The summed E-state index contributed by atoms with van der Waals surface area (Å²) in [5, 5.41) is 3.75. The molecule has 0 atom stereocenters. The zero-order chi connectivity index (χ0) is 9.42. The van der Waals surface area contributed by atoms with E-state index in [0.717, 1.165) is 16.4 Å². The summed E-state index contributed by atoms with van der Waals surface area (Å²) in [5.74, 6) is 0. The maximum absolute atomic E-state index is 10.7. The number of halogens is 2. The van der Waals surface area contributed by atoms with E-state index in [1.807, 2.05) is 0 Å². The summed E-state index contributed by atoms with van der Waals surface area (Å²) < 4.78 is 0.854. The van der Waals surface area contributed by atoms with Gasteiger partial charge in [-0.1, -0.05) is 23.2 Å². The molecule has 66 valence electrons. The largest absolute Gasteiger partial charge is 0.298 e. The predicted octanol–water partition coefficient (Wildman–Crippen LogP) is 4.02. The van der Waals surface area contributed by atoms with Gasteiger partial charge in [0.2, 0.25) is 0 Å². The minimum atomic E-state index is 0.590. The Hall–Kier alpha value is -0.570. The Bertz CT molecular complexity index is 476. The second kappa shape index (κ2) is 3.29. The Kier molecular flexibility index (Phi) is 2.28. The Balaban J connectivity index is 2.95. The van der Waals surface area contributed by atoms with Crippen molar-refractivity contribution in [1.82, 2.24) is 0 Å². The molecule has 0 amide bonds. The summed E-state index contributed by atoms with van der Waals surface area (Å²) in [6.07, 6.45) is 0.811. The highest BCUT2D eigenvalue weighted by Crippen LogP contribution is 2.36. The van der Waals surface area contributed by atoms with Crippen LogP contribution in [0.5, 0.6) is 0 Å². The van der Waals surface area contributed by atoms with Crippen LogP contribution in [0, 0.1) is 0 Å². The van der Waals surface area contributed by atoms with E-state index in [-0.39, 0.29) is 0 Å². The smallest absolute Gasteiger partial charge is 0.151 e. The van der Waals surface area contributed by atoms with E-state index >= 15 is 0 Å². The molecule has 2 aromatic rings. The van der Waals surface area contributed by atoms with Crippen LogP contribution in [-0.2, 0) is 0 Å². The molecular weight excluding hydrogens is 227 g/mol. The van der Waals surface area contributed by atoms with Crippen molar-refractivity contribution >= 4 is 50.9 Å². The second-order valence-electron chi connectivity index (χ2n) is 2.54. The first kappa shape index (κ1) is 9.00. The average molecular weight is 231 g/mol. The highest BCUT2D eigenvalue weighted by atomic mass is 35.5. The van der Waals surface area contributed by atoms with Crippen LogP contribution in [0.3, 0.4) is 0 Å². The maximum Gasteiger partial charge on any atom is 0.151 e. The Morgan fingerprint density at radius 2 is 2.00 bits per heavy atom. The Labute approximate surface area is 88.9 Å². The molecule has 13 heavy (non-hydrogen) atoms. The molecule has 1 nitrogen and oxygen atoms in total. The summed E-state index contributed by atoms with van der Waals surface area (Å²) in [5.41, 5.74) is 0.635. The number of fused-ring (bicyclic) bond motifs is 1. The summed E-state index contributed by atoms with van der Waals surface area (Å²) in [6, 6.07) is 3.39. The van der Waals surface area contributed by atoms with Crippen molar-refractivity contribution in [1.29, 1.82) is 0 Å². The quantitative estimate of drug-likeness (QED) is 0.677. The number of carbonyl (C=O) groups excluding carboxylic acids is 1. The van der Waals surface area contributed by atoms with Crippen LogP contribution < -0.4 is 0 Å². The van der Waals surface area contributed by atoms with Gasteiger partial charge in [-0.15, -0.1) is 11.3 Å². The van der Waals surface area contributed by atoms with Crippen LogP contribution in [-0.4, -0.2) is 6.29 Å². The molecule has 0 bridgehead atoms. The van der Waals surface area contributed by atoms with E-state index in [0.29, 0.717) is 15.6 Å². The van der Waals surface area contributed by atoms with Gasteiger partial charge in [0.05, 0.1) is 10.0 Å². The second-order valence-corrected chi connectivity index (χ2v) is 4.24. The summed E-state index contributed by atoms with van der Waals surface area (Å²) >= 11 is 13.3. The molecule has 4 heteroatoms. The number of carbonyl (C=O) groups is 1. The zero-order valence-corrected chi connectivity index (χ0v) is 8.71. The van der Waals surface area contributed by atoms with Gasteiger partial charge in [0.1, 0.15) is 0 Å². The number of rotatable bonds is 1. The van der Waals surface area contributed by atoms with Gasteiger partial charge in [-0.25, -0.2) is 0 Å². The van der Waals surface area contributed by atoms with Gasteiger partial charge in [0, 0.05) is 21.0 Å². The van der Waals surface area contributed by atoms with Crippen LogP contribution in [0.15, 0.2) is 17.5 Å². The van der Waals surface area contributed by atoms with Crippen molar-refractivity contribution in [2.24, 2.45) is 0 Å². The van der Waals surface area contributed by atoms with Gasteiger partial charge in [0.15, 0.2) is 6.29 Å². The molecule has 2 rings (SSSR count). The summed E-state index contributed by atoms with van der Waals surface area (Å²) in [7, 11) is 0. The van der Waals surface area contributed by atoms with Gasteiger partial charge in [-0.05, 0) is 12.1 Å². The maximum atomic E-state index is 10.7. The molecule has 0 spiro atoms. The monoisotopic (exact) mass is 230 g/mol. The van der Waals surface area contributed by atoms with Crippen LogP contribution in [0.2, 0.25) is 10.0 Å². The fourth-order valence-corrected chi connectivity index (χ4v) is 2.87. The molecule has 0 aliphatic heterocycles. The standard InChI is InChI=1S/C9H4Cl2OS/c10-6-2-1-5(3-12)9-8(6)7(11)4-13-9/h1-4H. The van der Waals surface area contributed by atoms with E-state index in [2.05, 4.69) is 0 Å². The van der Waals surface area contributed by atoms with Gasteiger partial charge in [0.25, 0.3) is 0 Å². The molecule has 0 saturated heterocycles. The third kappa shape index (κ3) is 1.35. The lowest BCUT2D eigenvalue weighted by atomic mass is 10.2. The normalized spacial score (nSPS) is 10.6. The van der Waals surface area contributed by atoms with E-state index < -0.39 is 0 Å². The number of hydrogen-bond donors (Lipinski definition) is 0. The first-order chi connectivity index (χ1) is 6.24. The average Bonchev–Trinajstić information content (AvgIpc) is 2.50. The Morgan fingerprint density at radius 1 is 1.23 bits per heavy atom. The topological polar surface area (TPSA) is 17.1 Å². The summed E-state index contributed by atoms with van der Waals surface area (Å²) in [6.45, 7) is 0. The molecule has 0 saturated carbocycles. The molecule has 0 aliphatic rings. The number of benzene rings is 1. The first-order valence-electron chi connectivity index (χ1n) is 3.54. The van der Waals surface area contributed by atoms with E-state index in [4.69, 9.17) is 23.2 Å². The molecule has 1 aromatic heterocycles. The molecule has 0 radical (unpaired) electrons. The van der Waals surface area contributed by atoms with E-state index in [1.165, 1.54) is 11.3 Å². The van der Waals surface area contributed by atoms with Crippen molar-refractivity contribution in [2.45, 2.75) is 0 Å². The van der Waals surface area contributed by atoms with Crippen molar-refractivity contribution in [3.8, 4) is 0 Å². The molecule has 0 fully saturated rings. The SMILES string of the molecule is O=Cc1ccc(Cl)c2c(Cl)csc12. The van der Waals surface area contributed by atoms with Crippen LogP contribution >= 0.6 is 34.5 Å². The van der Waals surface area contributed by atoms with E-state index in [9.17, 15) is 4.79 Å². The number of thiophene rings is 1. The van der Waals surface area contributed by atoms with Crippen molar-refractivity contribution < 1.29 is 4.79 Å². The molecular formula is C9H4Cl2OS. The lowest BCUT2D eigenvalue weighted by Gasteiger charge is -1.96.